The van der Waals surface area contributed by atoms with E-state index in [0.29, 0.717) is 12.1 Å². The fourth-order valence-electron chi connectivity index (χ4n) is 2.02. The lowest BCUT2D eigenvalue weighted by Crippen LogP contribution is -2.26. The highest BCUT2D eigenvalue weighted by atomic mass is 35.5. The Labute approximate surface area is 121 Å². The second kappa shape index (κ2) is 5.35. The largest absolute Gasteiger partial charge is 0.336 e. The minimum absolute atomic E-state index is 0.00683. The quantitative estimate of drug-likeness (QED) is 0.873. The summed E-state index contributed by atoms with van der Waals surface area (Å²) in [7, 11) is 3.64. The van der Waals surface area contributed by atoms with Gasteiger partial charge in [0.1, 0.15) is 0 Å². The van der Waals surface area contributed by atoms with Crippen LogP contribution in [0.25, 0.3) is 0 Å². The predicted octanol–water partition coefficient (Wildman–Crippen LogP) is 3.02. The number of thiophene rings is 1. The molecule has 0 aromatic carbocycles. The Kier molecular flexibility index (Phi) is 3.96. The lowest BCUT2D eigenvalue weighted by molar-refractivity contribution is 0.0785. The van der Waals surface area contributed by atoms with Gasteiger partial charge in [-0.2, -0.15) is 5.10 Å². The fourth-order valence-corrected chi connectivity index (χ4v) is 3.16. The average molecular weight is 298 g/mol. The van der Waals surface area contributed by atoms with Gasteiger partial charge in [-0.15, -0.1) is 11.3 Å². The Bertz CT molecular complexity index is 617. The van der Waals surface area contributed by atoms with E-state index >= 15 is 0 Å². The van der Waals surface area contributed by atoms with Crippen LogP contribution in [0.4, 0.5) is 0 Å². The topological polar surface area (TPSA) is 38.1 Å². The Morgan fingerprint density at radius 1 is 1.47 bits per heavy atom. The van der Waals surface area contributed by atoms with E-state index in [-0.39, 0.29) is 5.91 Å². The third-order valence-corrected chi connectivity index (χ3v) is 4.31. The maximum Gasteiger partial charge on any atom is 0.257 e. The van der Waals surface area contributed by atoms with Crippen molar-refractivity contribution in [1.82, 2.24) is 14.7 Å². The van der Waals surface area contributed by atoms with E-state index in [2.05, 4.69) is 5.10 Å². The van der Waals surface area contributed by atoms with E-state index < -0.39 is 0 Å². The van der Waals surface area contributed by atoms with Crippen LogP contribution in [-0.4, -0.2) is 27.6 Å². The van der Waals surface area contributed by atoms with E-state index in [1.165, 1.54) is 11.3 Å². The van der Waals surface area contributed by atoms with Gasteiger partial charge in [0, 0.05) is 24.7 Å². The van der Waals surface area contributed by atoms with Crippen LogP contribution >= 0.6 is 22.9 Å². The molecule has 0 bridgehead atoms. The Morgan fingerprint density at radius 2 is 2.16 bits per heavy atom. The van der Waals surface area contributed by atoms with Gasteiger partial charge in [-0.3, -0.25) is 9.48 Å². The van der Waals surface area contributed by atoms with Crippen LogP contribution < -0.4 is 0 Å². The molecule has 0 N–H and O–H groups in total. The first-order valence-electron chi connectivity index (χ1n) is 5.90. The number of hydrogen-bond donors (Lipinski definition) is 0. The SMILES string of the molecule is Cc1nn(C)c(C)c1C(=O)N(C)Cc1ccc(Cl)s1. The van der Waals surface area contributed by atoms with Crippen molar-refractivity contribution in [2.75, 3.05) is 7.05 Å². The molecule has 0 aliphatic rings. The molecule has 4 nitrogen and oxygen atoms in total. The normalized spacial score (nSPS) is 10.8. The summed E-state index contributed by atoms with van der Waals surface area (Å²) in [6.45, 7) is 4.32. The highest BCUT2D eigenvalue weighted by Crippen LogP contribution is 2.23. The Hall–Kier alpha value is -1.33. The summed E-state index contributed by atoms with van der Waals surface area (Å²) < 4.78 is 2.47. The molecule has 0 saturated heterocycles. The minimum atomic E-state index is -0.00683. The van der Waals surface area contributed by atoms with E-state index in [9.17, 15) is 4.79 Å². The molecule has 19 heavy (non-hydrogen) atoms. The molecule has 0 unspecified atom stereocenters. The maximum absolute atomic E-state index is 12.5. The number of nitrogens with zero attached hydrogens (tertiary/aromatic N) is 3. The second-order valence-electron chi connectivity index (χ2n) is 4.54. The van der Waals surface area contributed by atoms with Crippen molar-refractivity contribution in [2.45, 2.75) is 20.4 Å². The summed E-state index contributed by atoms with van der Waals surface area (Å²) in [6.07, 6.45) is 0. The van der Waals surface area contributed by atoms with Crippen molar-refractivity contribution in [3.05, 3.63) is 38.3 Å². The zero-order chi connectivity index (χ0) is 14.2. The Morgan fingerprint density at radius 3 is 2.63 bits per heavy atom. The van der Waals surface area contributed by atoms with Crippen molar-refractivity contribution in [3.63, 3.8) is 0 Å². The molecular weight excluding hydrogens is 282 g/mol. The molecule has 1 amide bonds. The van der Waals surface area contributed by atoms with E-state index in [4.69, 9.17) is 11.6 Å². The molecule has 2 heterocycles. The van der Waals surface area contributed by atoms with Crippen LogP contribution in [-0.2, 0) is 13.6 Å². The summed E-state index contributed by atoms with van der Waals surface area (Å²) in [5.74, 6) is -0.00683. The van der Waals surface area contributed by atoms with Crippen molar-refractivity contribution in [2.24, 2.45) is 7.05 Å². The average Bonchev–Trinajstić information content (AvgIpc) is 2.84. The van der Waals surface area contributed by atoms with Crippen LogP contribution in [0.3, 0.4) is 0 Å². The molecule has 0 spiro atoms. The number of halogens is 1. The first-order valence-corrected chi connectivity index (χ1v) is 7.09. The van der Waals surface area contributed by atoms with E-state index in [1.54, 1.807) is 16.6 Å². The lowest BCUT2D eigenvalue weighted by Gasteiger charge is -2.16. The number of hydrogen-bond acceptors (Lipinski definition) is 3. The molecule has 0 atom stereocenters. The number of aryl methyl sites for hydroxylation is 2. The summed E-state index contributed by atoms with van der Waals surface area (Å²) in [6, 6.07) is 3.79. The van der Waals surface area contributed by atoms with E-state index in [1.807, 2.05) is 33.0 Å². The number of carbonyl (C=O) groups excluding carboxylic acids is 1. The van der Waals surface area contributed by atoms with Gasteiger partial charge in [0.25, 0.3) is 5.91 Å². The maximum atomic E-state index is 12.5. The predicted molar refractivity (Wildman–Crippen MR) is 77.8 cm³/mol. The summed E-state index contributed by atoms with van der Waals surface area (Å²) in [5, 5.41) is 4.28. The zero-order valence-electron chi connectivity index (χ0n) is 11.4. The number of rotatable bonds is 3. The fraction of sp³-hybridized carbons (Fsp3) is 0.385. The third-order valence-electron chi connectivity index (χ3n) is 3.09. The summed E-state index contributed by atoms with van der Waals surface area (Å²) in [4.78, 5) is 15.2. The van der Waals surface area contributed by atoms with Crippen LogP contribution in [0, 0.1) is 13.8 Å². The monoisotopic (exact) mass is 297 g/mol. The summed E-state index contributed by atoms with van der Waals surface area (Å²) in [5.41, 5.74) is 2.34. The van der Waals surface area contributed by atoms with Crippen LogP contribution in [0.5, 0.6) is 0 Å². The highest BCUT2D eigenvalue weighted by molar-refractivity contribution is 7.16. The highest BCUT2D eigenvalue weighted by Gasteiger charge is 2.21. The van der Waals surface area contributed by atoms with Gasteiger partial charge in [0.05, 0.1) is 22.1 Å². The van der Waals surface area contributed by atoms with Crippen LogP contribution in [0.15, 0.2) is 12.1 Å². The number of carbonyl (C=O) groups is 1. The number of aromatic nitrogens is 2. The van der Waals surface area contributed by atoms with Crippen molar-refractivity contribution in [3.8, 4) is 0 Å². The zero-order valence-corrected chi connectivity index (χ0v) is 13.0. The van der Waals surface area contributed by atoms with E-state index in [0.717, 1.165) is 20.6 Å². The molecule has 6 heteroatoms. The van der Waals surface area contributed by atoms with Crippen LogP contribution in [0.2, 0.25) is 4.34 Å². The Balaban J connectivity index is 2.19. The van der Waals surface area contributed by atoms with Gasteiger partial charge in [-0.25, -0.2) is 0 Å². The molecule has 0 fully saturated rings. The van der Waals surface area contributed by atoms with Gasteiger partial charge in [-0.1, -0.05) is 11.6 Å². The van der Waals surface area contributed by atoms with Crippen molar-refractivity contribution in [1.29, 1.82) is 0 Å². The van der Waals surface area contributed by atoms with Gasteiger partial charge >= 0.3 is 0 Å². The molecule has 2 aromatic heterocycles. The standard InChI is InChI=1S/C13H16ClN3OS/c1-8-12(9(2)17(4)15-8)13(18)16(3)7-10-5-6-11(14)19-10/h5-6H,7H2,1-4H3. The molecular formula is C13H16ClN3OS. The second-order valence-corrected chi connectivity index (χ2v) is 6.34. The molecule has 0 aliphatic carbocycles. The molecule has 2 aromatic rings. The van der Waals surface area contributed by atoms with Crippen molar-refractivity contribution >= 4 is 28.8 Å². The molecule has 2 rings (SSSR count). The minimum Gasteiger partial charge on any atom is -0.336 e. The molecule has 102 valence electrons. The molecule has 0 radical (unpaired) electrons. The lowest BCUT2D eigenvalue weighted by atomic mass is 10.1. The first-order chi connectivity index (χ1) is 8.90. The van der Waals surface area contributed by atoms with Gasteiger partial charge in [0.2, 0.25) is 0 Å². The molecule has 0 saturated carbocycles. The smallest absolute Gasteiger partial charge is 0.257 e. The first kappa shape index (κ1) is 14.1. The summed E-state index contributed by atoms with van der Waals surface area (Å²) >= 11 is 7.39. The van der Waals surface area contributed by atoms with Gasteiger partial charge in [-0.05, 0) is 26.0 Å². The molecule has 0 aliphatic heterocycles. The van der Waals surface area contributed by atoms with Gasteiger partial charge in [0.15, 0.2) is 0 Å². The third kappa shape index (κ3) is 2.82. The number of amides is 1. The van der Waals surface area contributed by atoms with Crippen molar-refractivity contribution < 1.29 is 4.79 Å². The van der Waals surface area contributed by atoms with Gasteiger partial charge < -0.3 is 4.90 Å². The van der Waals surface area contributed by atoms with Crippen LogP contribution in [0.1, 0.15) is 26.6 Å².